The Morgan fingerprint density at radius 1 is 1.13 bits per heavy atom. The second-order valence-electron chi connectivity index (χ2n) is 10.6. The molecule has 6 rings (SSSR count). The number of hydrogen-bond donors (Lipinski definition) is 1. The quantitative estimate of drug-likeness (QED) is 0.329. The van der Waals surface area contributed by atoms with E-state index in [1.165, 1.54) is 15.9 Å². The molecule has 1 aliphatic carbocycles. The molecule has 2 fully saturated rings. The first-order valence-electron chi connectivity index (χ1n) is 13.0. The zero-order chi connectivity index (χ0) is 26.4. The summed E-state index contributed by atoms with van der Waals surface area (Å²) in [4.78, 5) is 28.4. The number of fused-ring (bicyclic) bond motifs is 1. The third-order valence-electron chi connectivity index (χ3n) is 7.21. The fourth-order valence-corrected chi connectivity index (χ4v) is 5.95. The lowest BCUT2D eigenvalue weighted by molar-refractivity contribution is 0.0870. The highest BCUT2D eigenvalue weighted by Gasteiger charge is 2.32. The lowest BCUT2D eigenvalue weighted by atomic mass is 9.93. The van der Waals surface area contributed by atoms with Crippen molar-refractivity contribution in [3.63, 3.8) is 0 Å². The molecule has 1 aromatic carbocycles. The van der Waals surface area contributed by atoms with Gasteiger partial charge in [0.25, 0.3) is 0 Å². The molecule has 0 spiro atoms. The van der Waals surface area contributed by atoms with E-state index in [4.69, 9.17) is 4.98 Å². The summed E-state index contributed by atoms with van der Waals surface area (Å²) in [5.41, 5.74) is 3.13. The molecule has 0 radical (unpaired) electrons. The van der Waals surface area contributed by atoms with Crippen LogP contribution in [0.3, 0.4) is 0 Å². The Morgan fingerprint density at radius 3 is 2.68 bits per heavy atom. The predicted molar refractivity (Wildman–Crippen MR) is 150 cm³/mol. The van der Waals surface area contributed by atoms with Crippen LogP contribution >= 0.6 is 0 Å². The van der Waals surface area contributed by atoms with Gasteiger partial charge in [0.2, 0.25) is 5.91 Å². The minimum atomic E-state index is -0.767. The van der Waals surface area contributed by atoms with Crippen LogP contribution in [-0.4, -0.2) is 60.3 Å². The minimum absolute atomic E-state index is 0.0281. The van der Waals surface area contributed by atoms with Crippen molar-refractivity contribution in [1.82, 2.24) is 24.7 Å². The van der Waals surface area contributed by atoms with Crippen molar-refractivity contribution < 1.29 is 9.35 Å². The van der Waals surface area contributed by atoms with E-state index in [1.54, 1.807) is 30.9 Å². The molecule has 2 aliphatic rings. The molecule has 38 heavy (non-hydrogen) atoms. The average Bonchev–Trinajstić information content (AvgIpc) is 3.61. The summed E-state index contributed by atoms with van der Waals surface area (Å²) in [7, 11) is 0. The summed E-state index contributed by atoms with van der Waals surface area (Å²) in [5.74, 6) is 3.51. The largest absolute Gasteiger partial charge is 0.617 e. The van der Waals surface area contributed by atoms with Gasteiger partial charge in [-0.3, -0.25) is 4.79 Å². The number of nitrogens with zero attached hydrogens (tertiary/aromatic N) is 6. The number of aromatic nitrogens is 5. The zero-order valence-corrected chi connectivity index (χ0v) is 22.6. The van der Waals surface area contributed by atoms with Crippen LogP contribution in [0.15, 0.2) is 49.1 Å². The summed E-state index contributed by atoms with van der Waals surface area (Å²) < 4.78 is 13.0. The van der Waals surface area contributed by atoms with Crippen molar-refractivity contribution in [3.05, 3.63) is 54.6 Å². The molecule has 9 nitrogen and oxygen atoms in total. The van der Waals surface area contributed by atoms with E-state index in [1.807, 2.05) is 6.20 Å². The van der Waals surface area contributed by atoms with Crippen molar-refractivity contribution in [2.75, 3.05) is 35.3 Å². The third kappa shape index (κ3) is 4.98. The lowest BCUT2D eigenvalue weighted by Gasteiger charge is -2.41. The zero-order valence-electron chi connectivity index (χ0n) is 21.8. The Bertz CT molecular complexity index is 1490. The van der Waals surface area contributed by atoms with Gasteiger partial charge in [0, 0.05) is 54.6 Å². The average molecular weight is 530 g/mol. The third-order valence-corrected chi connectivity index (χ3v) is 8.15. The van der Waals surface area contributed by atoms with E-state index in [2.05, 4.69) is 57.3 Å². The van der Waals surface area contributed by atoms with Crippen molar-refractivity contribution in [2.45, 2.75) is 32.6 Å². The normalized spacial score (nSPS) is 16.6. The number of nitrogens with one attached hydrogen (secondary N) is 1. The first kappa shape index (κ1) is 24.8. The Kier molecular flexibility index (Phi) is 6.53. The van der Waals surface area contributed by atoms with Gasteiger partial charge in [0.15, 0.2) is 5.82 Å². The molecule has 1 unspecified atom stereocenters. The maximum absolute atomic E-state index is 12.3. The van der Waals surface area contributed by atoms with Crippen LogP contribution < -0.4 is 10.2 Å². The van der Waals surface area contributed by atoms with Crippen LogP contribution in [0.5, 0.6) is 0 Å². The van der Waals surface area contributed by atoms with E-state index in [0.29, 0.717) is 34.9 Å². The van der Waals surface area contributed by atoms with Gasteiger partial charge >= 0.3 is 0 Å². The smallest absolute Gasteiger partial charge is 0.249 e. The summed E-state index contributed by atoms with van der Waals surface area (Å²) in [6.07, 6.45) is 10.6. The predicted octanol–water partition coefficient (Wildman–Crippen LogP) is 4.62. The molecule has 1 saturated heterocycles. The molecule has 196 valence electrons. The van der Waals surface area contributed by atoms with Crippen molar-refractivity contribution in [2.24, 2.45) is 11.8 Å². The monoisotopic (exact) mass is 529 g/mol. The highest BCUT2D eigenvalue weighted by atomic mass is 32.2. The topological polar surface area (TPSA) is 112 Å². The summed E-state index contributed by atoms with van der Waals surface area (Å²) >= 11 is -0.767. The highest BCUT2D eigenvalue weighted by molar-refractivity contribution is 7.90. The number of carbonyl (C=O) groups excluding carboxylic acids is 1. The molecule has 0 amide bonds. The fourth-order valence-electron chi connectivity index (χ4n) is 5.07. The Labute approximate surface area is 224 Å². The molecule has 3 aromatic heterocycles. The van der Waals surface area contributed by atoms with Crippen LogP contribution in [0.4, 0.5) is 17.3 Å². The molecule has 0 bridgehead atoms. The lowest BCUT2D eigenvalue weighted by Crippen LogP contribution is -2.49. The highest BCUT2D eigenvalue weighted by Crippen LogP contribution is 2.37. The van der Waals surface area contributed by atoms with Crippen molar-refractivity contribution in [3.8, 4) is 11.4 Å². The Hall–Kier alpha value is -3.50. The van der Waals surface area contributed by atoms with Gasteiger partial charge in [-0.15, -0.1) is 0 Å². The Balaban J connectivity index is 1.25. The van der Waals surface area contributed by atoms with Gasteiger partial charge in [-0.1, -0.05) is 31.1 Å². The van der Waals surface area contributed by atoms with Crippen molar-refractivity contribution >= 4 is 45.2 Å². The number of pyridine rings is 1. The van der Waals surface area contributed by atoms with Gasteiger partial charge in [0.1, 0.15) is 17.4 Å². The minimum Gasteiger partial charge on any atom is -0.617 e. The van der Waals surface area contributed by atoms with E-state index in [9.17, 15) is 9.35 Å². The first-order chi connectivity index (χ1) is 18.4. The van der Waals surface area contributed by atoms with E-state index < -0.39 is 11.2 Å². The number of hydrogen-bond acceptors (Lipinski definition) is 8. The fraction of sp³-hybridized carbons (Fsp3) is 0.393. The first-order valence-corrected chi connectivity index (χ1v) is 14.8. The standard InChI is InChI=1S/C28H31N7O2S/c1-17(2)21-6-7-24(34-13-18(14-34)16-38(3)37)23-12-30-26(10-22(21)23)32-25-8-9-29-27(33-25)20-11-31-35(15-20)28(36)19-4-5-19/h6-12,15,17-19H,4-5,13-14,16H2,1-3H3,(H,29,30,32,33). The molecular weight excluding hydrogens is 498 g/mol. The second-order valence-corrected chi connectivity index (χ2v) is 12.1. The maximum atomic E-state index is 12.3. The van der Waals surface area contributed by atoms with Crippen LogP contribution in [0.25, 0.3) is 22.2 Å². The number of carbonyl (C=O) groups is 1. The maximum Gasteiger partial charge on any atom is 0.249 e. The molecule has 4 heterocycles. The SMILES string of the molecule is CC(C)c1ccc(N2CC(C[S+](C)[O-])C2)c2cnc(Nc3ccnc(-c4cnn(C(=O)C5CC5)c4)n3)cc12. The number of anilines is 3. The molecule has 1 atom stereocenters. The Morgan fingerprint density at radius 2 is 1.95 bits per heavy atom. The van der Waals surface area contributed by atoms with Crippen LogP contribution in [0.1, 0.15) is 43.0 Å². The van der Waals surface area contributed by atoms with Gasteiger partial charge in [-0.25, -0.2) is 19.6 Å². The molecule has 4 aromatic rings. The molecule has 1 saturated carbocycles. The summed E-state index contributed by atoms with van der Waals surface area (Å²) in [5, 5.41) is 9.83. The molecule has 1 aliphatic heterocycles. The molecule has 10 heteroatoms. The van der Waals surface area contributed by atoms with Gasteiger partial charge in [-0.05, 0) is 47.9 Å². The van der Waals surface area contributed by atoms with Crippen LogP contribution in [0.2, 0.25) is 0 Å². The van der Waals surface area contributed by atoms with Crippen LogP contribution in [0, 0.1) is 11.8 Å². The van der Waals surface area contributed by atoms with E-state index >= 15 is 0 Å². The van der Waals surface area contributed by atoms with E-state index in [0.717, 1.165) is 42.5 Å². The summed E-state index contributed by atoms with van der Waals surface area (Å²) in [6.45, 7) is 6.23. The second kappa shape index (κ2) is 9.99. The van der Waals surface area contributed by atoms with Crippen LogP contribution in [-0.2, 0) is 11.2 Å². The van der Waals surface area contributed by atoms with Crippen molar-refractivity contribution in [1.29, 1.82) is 0 Å². The number of rotatable bonds is 8. The van der Waals surface area contributed by atoms with E-state index in [-0.39, 0.29) is 11.8 Å². The van der Waals surface area contributed by atoms with Gasteiger partial charge < -0.3 is 14.8 Å². The van der Waals surface area contributed by atoms with Gasteiger partial charge in [-0.2, -0.15) is 5.10 Å². The van der Waals surface area contributed by atoms with Gasteiger partial charge in [0.05, 0.1) is 18.0 Å². The molecular formula is C28H31N7O2S. The number of benzene rings is 1. The summed E-state index contributed by atoms with van der Waals surface area (Å²) in [6, 6.07) is 8.28. The molecule has 1 N–H and O–H groups in total.